The van der Waals surface area contributed by atoms with Crippen LogP contribution in [0, 0.1) is 5.82 Å². The number of nitrogens with two attached hydrogens (primary N) is 1. The number of primary amides is 1. The monoisotopic (exact) mass is 340 g/mol. The number of fused-ring (bicyclic) bond motifs is 1. The summed E-state index contributed by atoms with van der Waals surface area (Å²) in [6, 6.07) is 4.29. The van der Waals surface area contributed by atoms with Gasteiger partial charge in [0, 0.05) is 23.4 Å². The fraction of sp³-hybridized carbons (Fsp3) is 0.167. The number of halogens is 1. The number of amides is 1. The van der Waals surface area contributed by atoms with E-state index in [0.29, 0.717) is 33.5 Å². The molecule has 0 bridgehead atoms. The van der Waals surface area contributed by atoms with E-state index in [1.807, 2.05) is 0 Å². The Morgan fingerprint density at radius 3 is 2.80 bits per heavy atom. The predicted molar refractivity (Wildman–Crippen MR) is 92.8 cm³/mol. The van der Waals surface area contributed by atoms with Crippen LogP contribution in [0.15, 0.2) is 36.7 Å². The van der Waals surface area contributed by atoms with Gasteiger partial charge in [0.15, 0.2) is 5.65 Å². The van der Waals surface area contributed by atoms with E-state index in [2.05, 4.69) is 15.0 Å². The summed E-state index contributed by atoms with van der Waals surface area (Å²) in [5.41, 5.74) is 7.02. The highest BCUT2D eigenvalue weighted by Crippen LogP contribution is 2.28. The van der Waals surface area contributed by atoms with Gasteiger partial charge in [-0.3, -0.25) is 4.79 Å². The number of nitrogens with zero attached hydrogens (tertiary/aromatic N) is 2. The van der Waals surface area contributed by atoms with Gasteiger partial charge in [0.05, 0.1) is 17.5 Å². The lowest BCUT2D eigenvalue weighted by Crippen LogP contribution is -2.15. The van der Waals surface area contributed by atoms with Gasteiger partial charge in [-0.2, -0.15) is 0 Å². The number of H-pyrrole nitrogens is 1. The van der Waals surface area contributed by atoms with Crippen LogP contribution in [-0.2, 0) is 10.4 Å². The van der Waals surface area contributed by atoms with Gasteiger partial charge in [0.25, 0.3) is 0 Å². The summed E-state index contributed by atoms with van der Waals surface area (Å²) in [4.78, 5) is 22.6. The molecule has 7 heteroatoms. The molecule has 2 heterocycles. The first-order valence-corrected chi connectivity index (χ1v) is 7.59. The van der Waals surface area contributed by atoms with Crippen LogP contribution in [-0.4, -0.2) is 26.0 Å². The molecule has 1 aromatic carbocycles. The average Bonchev–Trinajstić information content (AvgIpc) is 2.93. The van der Waals surface area contributed by atoms with Crippen molar-refractivity contribution in [3.8, 4) is 11.3 Å². The zero-order valence-corrected chi connectivity index (χ0v) is 13.7. The molecular formula is C18H17FN4O2. The minimum atomic E-state index is -1.18. The van der Waals surface area contributed by atoms with E-state index in [4.69, 9.17) is 5.73 Å². The molecule has 0 aliphatic rings. The first-order valence-electron chi connectivity index (χ1n) is 7.59. The summed E-state index contributed by atoms with van der Waals surface area (Å²) >= 11 is 0. The number of hydrogen-bond donors (Lipinski definition) is 3. The van der Waals surface area contributed by atoms with Crippen LogP contribution in [0.25, 0.3) is 28.5 Å². The molecule has 0 spiro atoms. The van der Waals surface area contributed by atoms with Gasteiger partial charge in [0.1, 0.15) is 11.3 Å². The van der Waals surface area contributed by atoms with E-state index in [0.717, 1.165) is 0 Å². The van der Waals surface area contributed by atoms with E-state index in [9.17, 15) is 14.3 Å². The second kappa shape index (κ2) is 6.10. The molecule has 128 valence electrons. The summed E-state index contributed by atoms with van der Waals surface area (Å²) in [6.45, 7) is 3.17. The second-order valence-electron chi connectivity index (χ2n) is 6.22. The third kappa shape index (κ3) is 3.56. The molecule has 3 aromatic rings. The Hall–Kier alpha value is -3.06. The first-order chi connectivity index (χ1) is 11.7. The summed E-state index contributed by atoms with van der Waals surface area (Å²) < 4.78 is 14.0. The Balaban J connectivity index is 2.12. The van der Waals surface area contributed by atoms with Crippen LogP contribution in [0.1, 0.15) is 25.0 Å². The van der Waals surface area contributed by atoms with E-state index in [1.54, 1.807) is 26.1 Å². The van der Waals surface area contributed by atoms with Crippen LogP contribution < -0.4 is 5.73 Å². The number of hydrogen-bond acceptors (Lipinski definition) is 4. The average molecular weight is 340 g/mol. The highest BCUT2D eigenvalue weighted by atomic mass is 19.1. The Labute approximate surface area is 143 Å². The lowest BCUT2D eigenvalue weighted by molar-refractivity contribution is -0.113. The third-order valence-electron chi connectivity index (χ3n) is 3.74. The van der Waals surface area contributed by atoms with Gasteiger partial charge in [-0.05, 0) is 43.7 Å². The van der Waals surface area contributed by atoms with Crippen molar-refractivity contribution >= 4 is 23.1 Å². The van der Waals surface area contributed by atoms with E-state index in [-0.39, 0.29) is 0 Å². The van der Waals surface area contributed by atoms with Crippen LogP contribution >= 0.6 is 0 Å². The maximum atomic E-state index is 14.0. The molecule has 0 radical (unpaired) electrons. The highest BCUT2D eigenvalue weighted by Gasteiger charge is 2.18. The number of aromatic nitrogens is 3. The van der Waals surface area contributed by atoms with Gasteiger partial charge in [-0.25, -0.2) is 14.4 Å². The number of rotatable bonds is 4. The van der Waals surface area contributed by atoms with E-state index < -0.39 is 17.3 Å². The molecule has 0 aliphatic heterocycles. The van der Waals surface area contributed by atoms with Crippen molar-refractivity contribution in [2.24, 2.45) is 5.73 Å². The van der Waals surface area contributed by atoms with Gasteiger partial charge >= 0.3 is 0 Å². The number of carbonyl (C=O) groups excluding carboxylic acids is 1. The lowest BCUT2D eigenvalue weighted by atomic mass is 9.95. The van der Waals surface area contributed by atoms with Crippen LogP contribution in [0.5, 0.6) is 0 Å². The second-order valence-corrected chi connectivity index (χ2v) is 6.22. The molecule has 4 N–H and O–H groups in total. The maximum Gasteiger partial charge on any atom is 0.241 e. The van der Waals surface area contributed by atoms with Crippen molar-refractivity contribution in [3.05, 3.63) is 53.6 Å². The van der Waals surface area contributed by atoms with Crippen molar-refractivity contribution < 1.29 is 14.3 Å². The van der Waals surface area contributed by atoms with E-state index >= 15 is 0 Å². The summed E-state index contributed by atoms with van der Waals surface area (Å²) in [5.74, 6) is -1.04. The fourth-order valence-electron chi connectivity index (χ4n) is 2.44. The Kier molecular flexibility index (Phi) is 4.10. The molecular weight excluding hydrogens is 323 g/mol. The van der Waals surface area contributed by atoms with Gasteiger partial charge in [-0.15, -0.1) is 0 Å². The number of nitrogens with one attached hydrogen (secondary N) is 1. The lowest BCUT2D eigenvalue weighted by Gasteiger charge is -2.18. The number of carbonyl (C=O) groups is 1. The maximum absolute atomic E-state index is 14.0. The van der Waals surface area contributed by atoms with E-state index in [1.165, 1.54) is 30.5 Å². The SMILES string of the molecule is CC(C)(O)c1cc(F)cc(-c2cnc3[nH]cc(C=CC(N)=O)c3n2)c1. The molecule has 1 amide bonds. The largest absolute Gasteiger partial charge is 0.386 e. The molecule has 6 nitrogen and oxygen atoms in total. The molecule has 0 unspecified atom stereocenters. The van der Waals surface area contributed by atoms with Gasteiger partial charge in [-0.1, -0.05) is 0 Å². The Bertz CT molecular complexity index is 986. The third-order valence-corrected chi connectivity index (χ3v) is 3.74. The highest BCUT2D eigenvalue weighted by molar-refractivity contribution is 5.93. The Morgan fingerprint density at radius 1 is 1.36 bits per heavy atom. The standard InChI is InChI=1S/C18H17FN4O2/c1-18(2,25)12-5-11(6-13(19)7-12)14-9-22-17-16(23-14)10(8-21-17)3-4-15(20)24/h3-9,25H,1-2H3,(H2,20,24)(H,21,22). The minimum Gasteiger partial charge on any atom is -0.386 e. The summed E-state index contributed by atoms with van der Waals surface area (Å²) in [6.07, 6.45) is 5.93. The van der Waals surface area contributed by atoms with Crippen molar-refractivity contribution in [2.45, 2.75) is 19.4 Å². The normalized spacial score (nSPS) is 12.2. The Morgan fingerprint density at radius 2 is 2.12 bits per heavy atom. The number of aromatic amines is 1. The first kappa shape index (κ1) is 16.8. The van der Waals surface area contributed by atoms with Crippen LogP contribution in [0.3, 0.4) is 0 Å². The van der Waals surface area contributed by atoms with Crippen LogP contribution in [0.4, 0.5) is 4.39 Å². The number of benzene rings is 1. The molecule has 0 atom stereocenters. The molecule has 0 saturated carbocycles. The zero-order chi connectivity index (χ0) is 18.2. The molecule has 0 fully saturated rings. The zero-order valence-electron chi connectivity index (χ0n) is 13.7. The summed E-state index contributed by atoms with van der Waals surface area (Å²) in [7, 11) is 0. The van der Waals surface area contributed by atoms with Crippen molar-refractivity contribution in [3.63, 3.8) is 0 Å². The number of aliphatic hydroxyl groups is 1. The van der Waals surface area contributed by atoms with Crippen molar-refractivity contribution in [1.29, 1.82) is 0 Å². The quantitative estimate of drug-likeness (QED) is 0.635. The van der Waals surface area contributed by atoms with Gasteiger partial charge in [0.2, 0.25) is 5.91 Å². The summed E-state index contributed by atoms with van der Waals surface area (Å²) in [5, 5.41) is 10.1. The van der Waals surface area contributed by atoms with Gasteiger partial charge < -0.3 is 15.8 Å². The van der Waals surface area contributed by atoms with Crippen molar-refractivity contribution in [1.82, 2.24) is 15.0 Å². The topological polar surface area (TPSA) is 105 Å². The molecule has 2 aromatic heterocycles. The fourth-order valence-corrected chi connectivity index (χ4v) is 2.44. The molecule has 0 aliphatic carbocycles. The molecule has 25 heavy (non-hydrogen) atoms. The molecule has 3 rings (SSSR count). The minimum absolute atomic E-state index is 0.437. The smallest absolute Gasteiger partial charge is 0.241 e. The van der Waals surface area contributed by atoms with Crippen LogP contribution in [0.2, 0.25) is 0 Å². The van der Waals surface area contributed by atoms with Crippen molar-refractivity contribution in [2.75, 3.05) is 0 Å². The predicted octanol–water partition coefficient (Wildman–Crippen LogP) is 2.49. The molecule has 0 saturated heterocycles.